The number of nitrogens with one attached hydrogen (secondary N) is 1. The van der Waals surface area contributed by atoms with Crippen LogP contribution in [0.2, 0.25) is 0 Å². The van der Waals surface area contributed by atoms with Gasteiger partial charge in [0.15, 0.2) is 0 Å². The van der Waals surface area contributed by atoms with E-state index in [0.717, 1.165) is 16.1 Å². The maximum absolute atomic E-state index is 12.6. The molecule has 0 aliphatic carbocycles. The van der Waals surface area contributed by atoms with E-state index in [1.807, 2.05) is 18.2 Å². The number of sulfonamides is 1. The average molecular weight is 430 g/mol. The topological polar surface area (TPSA) is 115 Å². The second-order valence-corrected chi connectivity index (χ2v) is 8.62. The van der Waals surface area contributed by atoms with E-state index < -0.39 is 10.0 Å². The molecule has 1 amide bonds. The first-order valence-corrected chi connectivity index (χ1v) is 10.8. The van der Waals surface area contributed by atoms with Crippen molar-refractivity contribution < 1.29 is 22.5 Å². The predicted octanol–water partition coefficient (Wildman–Crippen LogP) is 2.38. The fourth-order valence-electron chi connectivity index (χ4n) is 2.85. The summed E-state index contributed by atoms with van der Waals surface area (Å²) < 4.78 is 35.2. The van der Waals surface area contributed by atoms with Crippen LogP contribution in [-0.4, -0.2) is 44.9 Å². The van der Waals surface area contributed by atoms with E-state index in [4.69, 9.17) is 9.26 Å². The van der Waals surface area contributed by atoms with E-state index in [9.17, 15) is 13.2 Å². The Balaban J connectivity index is 1.73. The zero-order valence-electron chi connectivity index (χ0n) is 17.0. The first-order valence-electron chi connectivity index (χ1n) is 8.99. The Labute approximate surface area is 174 Å². The van der Waals surface area contributed by atoms with E-state index in [0.29, 0.717) is 28.4 Å². The molecule has 158 valence electrons. The summed E-state index contributed by atoms with van der Waals surface area (Å²) in [5.74, 6) is 0.910. The highest BCUT2D eigenvalue weighted by Gasteiger charge is 2.19. The van der Waals surface area contributed by atoms with Gasteiger partial charge in [-0.05, 0) is 36.8 Å². The molecule has 1 heterocycles. The Morgan fingerprint density at radius 3 is 2.67 bits per heavy atom. The molecule has 0 spiro atoms. The number of carbonyl (C=O) groups excluding carboxylic acids is 1. The molecule has 0 radical (unpaired) electrons. The van der Waals surface area contributed by atoms with E-state index in [1.165, 1.54) is 7.05 Å². The van der Waals surface area contributed by atoms with E-state index in [2.05, 4.69) is 15.5 Å². The Kier molecular flexibility index (Phi) is 6.06. The number of carbonyl (C=O) groups is 1. The maximum Gasteiger partial charge on any atom is 0.252 e. The lowest BCUT2D eigenvalue weighted by molar-refractivity contribution is 0.0945. The molecule has 9 nitrogen and oxygen atoms in total. The van der Waals surface area contributed by atoms with Crippen LogP contribution in [0.4, 0.5) is 5.69 Å². The summed E-state index contributed by atoms with van der Waals surface area (Å²) in [6.45, 7) is 1.72. The second-order valence-electron chi connectivity index (χ2n) is 6.61. The number of benzene rings is 2. The molecule has 1 aromatic heterocycles. The highest BCUT2D eigenvalue weighted by molar-refractivity contribution is 7.92. The Morgan fingerprint density at radius 1 is 1.23 bits per heavy atom. The molecule has 0 aliphatic rings. The number of aromatic nitrogens is 2. The van der Waals surface area contributed by atoms with Gasteiger partial charge in [0.1, 0.15) is 5.75 Å². The summed E-state index contributed by atoms with van der Waals surface area (Å²) in [7, 11) is -0.433. The molecule has 3 aromatic rings. The number of rotatable bonds is 7. The van der Waals surface area contributed by atoms with Gasteiger partial charge in [0.25, 0.3) is 5.91 Å². The fraction of sp³-hybridized carbons (Fsp3) is 0.250. The van der Waals surface area contributed by atoms with Crippen LogP contribution in [0.5, 0.6) is 5.75 Å². The number of nitrogens with zero attached hydrogens (tertiary/aromatic N) is 3. The lowest BCUT2D eigenvalue weighted by Gasteiger charge is -2.20. The molecule has 0 saturated carbocycles. The largest absolute Gasteiger partial charge is 0.497 e. The predicted molar refractivity (Wildman–Crippen MR) is 112 cm³/mol. The van der Waals surface area contributed by atoms with Crippen LogP contribution >= 0.6 is 0 Å². The molecule has 0 unspecified atom stereocenters. The summed E-state index contributed by atoms with van der Waals surface area (Å²) in [5, 5.41) is 6.65. The Morgan fingerprint density at radius 2 is 1.97 bits per heavy atom. The van der Waals surface area contributed by atoms with Crippen molar-refractivity contribution in [3.63, 3.8) is 0 Å². The van der Waals surface area contributed by atoms with Crippen molar-refractivity contribution in [2.75, 3.05) is 24.7 Å². The summed E-state index contributed by atoms with van der Waals surface area (Å²) in [6.07, 6.45) is 1.11. The second kappa shape index (κ2) is 8.54. The molecule has 3 rings (SSSR count). The number of hydrogen-bond donors (Lipinski definition) is 1. The van der Waals surface area contributed by atoms with Crippen molar-refractivity contribution in [3.8, 4) is 17.1 Å². The minimum absolute atomic E-state index is 0.0292. The van der Waals surface area contributed by atoms with Crippen LogP contribution in [-0.2, 0) is 16.6 Å². The third-order valence-electron chi connectivity index (χ3n) is 4.58. The quantitative estimate of drug-likeness (QED) is 0.612. The first kappa shape index (κ1) is 21.3. The molecule has 1 N–H and O–H groups in total. The lowest BCUT2D eigenvalue weighted by Crippen LogP contribution is -2.28. The molecular formula is C20H22N4O5S. The van der Waals surface area contributed by atoms with E-state index in [1.54, 1.807) is 38.3 Å². The number of hydrogen-bond acceptors (Lipinski definition) is 7. The van der Waals surface area contributed by atoms with Crippen molar-refractivity contribution >= 4 is 21.6 Å². The van der Waals surface area contributed by atoms with Gasteiger partial charge >= 0.3 is 0 Å². The maximum atomic E-state index is 12.6. The average Bonchev–Trinajstić information content (AvgIpc) is 3.20. The van der Waals surface area contributed by atoms with Gasteiger partial charge in [-0.3, -0.25) is 9.10 Å². The van der Waals surface area contributed by atoms with Crippen molar-refractivity contribution in [2.45, 2.75) is 13.5 Å². The van der Waals surface area contributed by atoms with Crippen molar-refractivity contribution in [1.82, 2.24) is 15.5 Å². The molecule has 0 atom stereocenters. The lowest BCUT2D eigenvalue weighted by atomic mass is 10.1. The van der Waals surface area contributed by atoms with Gasteiger partial charge in [-0.25, -0.2) is 8.42 Å². The summed E-state index contributed by atoms with van der Waals surface area (Å²) in [6, 6.07) is 12.1. The molecule has 0 bridgehead atoms. The SMILES string of the molecule is COc1cccc(-c2noc(CNC(=O)c3cccc(N(C)S(C)(=O)=O)c3C)n2)c1. The molecule has 0 fully saturated rings. The van der Waals surface area contributed by atoms with Gasteiger partial charge in [0.05, 0.1) is 25.6 Å². The van der Waals surface area contributed by atoms with Gasteiger partial charge in [-0.15, -0.1) is 0 Å². The van der Waals surface area contributed by atoms with Gasteiger partial charge in [0, 0.05) is 18.2 Å². The summed E-state index contributed by atoms with van der Waals surface area (Å²) >= 11 is 0. The van der Waals surface area contributed by atoms with Crippen LogP contribution < -0.4 is 14.4 Å². The summed E-state index contributed by atoms with van der Waals surface area (Å²) in [4.78, 5) is 16.9. The monoisotopic (exact) mass is 430 g/mol. The van der Waals surface area contributed by atoms with Crippen molar-refractivity contribution in [3.05, 3.63) is 59.5 Å². The smallest absolute Gasteiger partial charge is 0.252 e. The summed E-state index contributed by atoms with van der Waals surface area (Å²) in [5.41, 5.74) is 2.06. The standard InChI is InChI=1S/C20H22N4O5S/c1-13-16(9-6-10-17(13)24(2)30(4,26)27)20(25)21-12-18-22-19(23-29-18)14-7-5-8-15(11-14)28-3/h5-11H,12H2,1-4H3,(H,21,25). The molecule has 2 aromatic carbocycles. The normalized spacial score (nSPS) is 11.2. The number of ether oxygens (including phenoxy) is 1. The van der Waals surface area contributed by atoms with E-state index >= 15 is 0 Å². The van der Waals surface area contributed by atoms with E-state index in [-0.39, 0.29) is 18.3 Å². The Bertz CT molecular complexity index is 1170. The molecule has 30 heavy (non-hydrogen) atoms. The van der Waals surface area contributed by atoms with Gasteiger partial charge < -0.3 is 14.6 Å². The Hall–Kier alpha value is -3.40. The number of amides is 1. The highest BCUT2D eigenvalue weighted by Crippen LogP contribution is 2.24. The fourth-order valence-corrected chi connectivity index (χ4v) is 3.40. The van der Waals surface area contributed by atoms with Gasteiger partial charge in [0.2, 0.25) is 21.7 Å². The number of anilines is 1. The third kappa shape index (κ3) is 4.60. The molecule has 0 saturated heterocycles. The minimum atomic E-state index is -3.45. The first-order chi connectivity index (χ1) is 14.2. The van der Waals surface area contributed by atoms with Gasteiger partial charge in [-0.1, -0.05) is 23.4 Å². The van der Waals surface area contributed by atoms with Crippen LogP contribution in [0.15, 0.2) is 47.0 Å². The number of methoxy groups -OCH3 is 1. The van der Waals surface area contributed by atoms with Crippen LogP contribution in [0.25, 0.3) is 11.4 Å². The molecule has 10 heteroatoms. The molecular weight excluding hydrogens is 408 g/mol. The van der Waals surface area contributed by atoms with Crippen LogP contribution in [0, 0.1) is 6.92 Å². The molecule has 0 aliphatic heterocycles. The van der Waals surface area contributed by atoms with Gasteiger partial charge in [-0.2, -0.15) is 4.98 Å². The van der Waals surface area contributed by atoms with Crippen molar-refractivity contribution in [1.29, 1.82) is 0 Å². The third-order valence-corrected chi connectivity index (χ3v) is 5.77. The minimum Gasteiger partial charge on any atom is -0.497 e. The highest BCUT2D eigenvalue weighted by atomic mass is 32.2. The van der Waals surface area contributed by atoms with Crippen LogP contribution in [0.3, 0.4) is 0 Å². The zero-order chi connectivity index (χ0) is 21.9. The zero-order valence-corrected chi connectivity index (χ0v) is 17.9. The van der Waals surface area contributed by atoms with Crippen LogP contribution in [0.1, 0.15) is 21.8 Å². The van der Waals surface area contributed by atoms with Crippen molar-refractivity contribution in [2.24, 2.45) is 0 Å².